The Bertz CT molecular complexity index is 981. The monoisotopic (exact) mass is 440 g/mol. The van der Waals surface area contributed by atoms with Crippen molar-refractivity contribution in [3.8, 4) is 11.5 Å². The number of fused-ring (bicyclic) bond motifs is 1. The molecule has 0 aliphatic carbocycles. The van der Waals surface area contributed by atoms with Crippen molar-refractivity contribution in [2.24, 2.45) is 0 Å². The number of rotatable bonds is 6. The highest BCUT2D eigenvalue weighted by Gasteiger charge is 2.47. The van der Waals surface area contributed by atoms with Gasteiger partial charge in [-0.3, -0.25) is 14.4 Å². The van der Waals surface area contributed by atoms with Gasteiger partial charge in [-0.05, 0) is 24.6 Å². The van der Waals surface area contributed by atoms with E-state index in [4.69, 9.17) is 9.47 Å². The van der Waals surface area contributed by atoms with Gasteiger partial charge < -0.3 is 25.0 Å². The van der Waals surface area contributed by atoms with Crippen LogP contribution < -0.4 is 20.1 Å². The molecule has 2 aliphatic rings. The van der Waals surface area contributed by atoms with Crippen LogP contribution in [0.4, 0.5) is 0 Å². The van der Waals surface area contributed by atoms with E-state index in [2.05, 4.69) is 10.6 Å². The SMILES string of the molecule is CN1C(=O)CN(S(C)(=O)=O)CC1(C)C(=O)NCC(=O)NCc1ccc2c(c1)OCO2. The third kappa shape index (κ3) is 4.49. The Morgan fingerprint density at radius 3 is 2.60 bits per heavy atom. The first kappa shape index (κ1) is 21.8. The first-order valence-electron chi connectivity index (χ1n) is 9.16. The molecule has 3 amide bonds. The molecule has 1 atom stereocenters. The molecule has 1 unspecified atom stereocenters. The molecule has 0 radical (unpaired) electrons. The van der Waals surface area contributed by atoms with Crippen molar-refractivity contribution in [1.82, 2.24) is 19.8 Å². The topological polar surface area (TPSA) is 134 Å². The minimum absolute atomic E-state index is 0.156. The van der Waals surface area contributed by atoms with Crippen LogP contribution in [0.15, 0.2) is 18.2 Å². The van der Waals surface area contributed by atoms with E-state index in [9.17, 15) is 22.8 Å². The quantitative estimate of drug-likeness (QED) is 0.558. The van der Waals surface area contributed by atoms with Crippen LogP contribution in [-0.4, -0.2) is 80.6 Å². The second-order valence-corrected chi connectivity index (χ2v) is 9.39. The van der Waals surface area contributed by atoms with Gasteiger partial charge in [-0.2, -0.15) is 4.31 Å². The Morgan fingerprint density at radius 2 is 1.90 bits per heavy atom. The van der Waals surface area contributed by atoms with E-state index in [1.165, 1.54) is 18.9 Å². The third-order valence-corrected chi connectivity index (χ3v) is 6.40. The Morgan fingerprint density at radius 1 is 1.20 bits per heavy atom. The van der Waals surface area contributed by atoms with Gasteiger partial charge in [-0.15, -0.1) is 0 Å². The molecule has 11 nitrogen and oxygen atoms in total. The number of nitrogens with zero attached hydrogens (tertiary/aromatic N) is 2. The van der Waals surface area contributed by atoms with E-state index >= 15 is 0 Å². The van der Waals surface area contributed by atoms with E-state index in [1.807, 2.05) is 0 Å². The number of carbonyl (C=O) groups is 3. The van der Waals surface area contributed by atoms with Crippen LogP contribution in [0.25, 0.3) is 0 Å². The van der Waals surface area contributed by atoms with Gasteiger partial charge in [-0.1, -0.05) is 6.07 Å². The van der Waals surface area contributed by atoms with Crippen LogP contribution in [0.5, 0.6) is 11.5 Å². The Balaban J connectivity index is 1.55. The van der Waals surface area contributed by atoms with E-state index in [-0.39, 0.29) is 33.0 Å². The molecule has 30 heavy (non-hydrogen) atoms. The largest absolute Gasteiger partial charge is 0.454 e. The summed E-state index contributed by atoms with van der Waals surface area (Å²) in [6, 6.07) is 5.29. The van der Waals surface area contributed by atoms with Gasteiger partial charge in [0.05, 0.1) is 19.3 Å². The van der Waals surface area contributed by atoms with Crippen LogP contribution in [-0.2, 0) is 31.0 Å². The van der Waals surface area contributed by atoms with E-state index in [1.54, 1.807) is 18.2 Å². The van der Waals surface area contributed by atoms with Crippen LogP contribution in [0.1, 0.15) is 12.5 Å². The molecule has 1 saturated heterocycles. The molecular weight excluding hydrogens is 416 g/mol. The highest BCUT2D eigenvalue weighted by Crippen LogP contribution is 2.32. The van der Waals surface area contributed by atoms with Gasteiger partial charge in [-0.25, -0.2) is 8.42 Å². The fourth-order valence-corrected chi connectivity index (χ4v) is 3.99. The van der Waals surface area contributed by atoms with Crippen molar-refractivity contribution < 1.29 is 32.3 Å². The number of ether oxygens (including phenoxy) is 2. The van der Waals surface area contributed by atoms with Crippen LogP contribution in [0.3, 0.4) is 0 Å². The standard InChI is InChI=1S/C18H24N4O7S/c1-18(10-22(30(3,26)27)9-16(24)21(18)2)17(25)20-8-15(23)19-7-12-4-5-13-14(6-12)29-11-28-13/h4-6H,7-11H2,1-3H3,(H,19,23)(H,20,25). The van der Waals surface area contributed by atoms with Crippen LogP contribution >= 0.6 is 0 Å². The highest BCUT2D eigenvalue weighted by molar-refractivity contribution is 7.88. The Hall–Kier alpha value is -2.86. The molecular formula is C18H24N4O7S. The lowest BCUT2D eigenvalue weighted by molar-refractivity contribution is -0.150. The Labute approximate surface area is 174 Å². The first-order chi connectivity index (χ1) is 14.0. The number of nitrogens with one attached hydrogen (secondary N) is 2. The summed E-state index contributed by atoms with van der Waals surface area (Å²) < 4.78 is 35.2. The van der Waals surface area contributed by atoms with Crippen molar-refractivity contribution in [3.63, 3.8) is 0 Å². The van der Waals surface area contributed by atoms with Crippen molar-refractivity contribution in [3.05, 3.63) is 23.8 Å². The molecule has 0 spiro atoms. The summed E-state index contributed by atoms with van der Waals surface area (Å²) in [6.45, 7) is 1.00. The van der Waals surface area contributed by atoms with Gasteiger partial charge >= 0.3 is 0 Å². The summed E-state index contributed by atoms with van der Waals surface area (Å²) >= 11 is 0. The minimum Gasteiger partial charge on any atom is -0.454 e. The normalized spacial score (nSPS) is 21.4. The maximum absolute atomic E-state index is 12.7. The fourth-order valence-electron chi connectivity index (χ4n) is 3.16. The average molecular weight is 440 g/mol. The van der Waals surface area contributed by atoms with Gasteiger partial charge in [0.1, 0.15) is 5.54 Å². The number of benzene rings is 1. The van der Waals surface area contributed by atoms with Gasteiger partial charge in [0.15, 0.2) is 11.5 Å². The molecule has 2 N–H and O–H groups in total. The average Bonchev–Trinajstić information content (AvgIpc) is 3.15. The first-order valence-corrected chi connectivity index (χ1v) is 11.0. The van der Waals surface area contributed by atoms with E-state index in [0.717, 1.165) is 16.1 Å². The summed E-state index contributed by atoms with van der Waals surface area (Å²) in [5.74, 6) is -0.320. The number of piperazine rings is 1. The molecule has 1 fully saturated rings. The molecule has 0 bridgehead atoms. The van der Waals surface area contributed by atoms with Crippen molar-refractivity contribution in [2.75, 3.05) is 39.7 Å². The van der Waals surface area contributed by atoms with Crippen LogP contribution in [0, 0.1) is 0 Å². The highest BCUT2D eigenvalue weighted by atomic mass is 32.2. The second-order valence-electron chi connectivity index (χ2n) is 7.40. The molecule has 3 rings (SSSR count). The zero-order valence-corrected chi connectivity index (χ0v) is 17.7. The lowest BCUT2D eigenvalue weighted by atomic mass is 9.96. The van der Waals surface area contributed by atoms with Crippen molar-refractivity contribution in [2.45, 2.75) is 19.0 Å². The van der Waals surface area contributed by atoms with Crippen molar-refractivity contribution >= 4 is 27.7 Å². The van der Waals surface area contributed by atoms with Gasteiger partial charge in [0.2, 0.25) is 34.5 Å². The summed E-state index contributed by atoms with van der Waals surface area (Å²) in [5.41, 5.74) is -0.636. The third-order valence-electron chi connectivity index (χ3n) is 5.20. The molecule has 164 valence electrons. The molecule has 0 aromatic heterocycles. The maximum atomic E-state index is 12.7. The number of likely N-dealkylation sites (N-methyl/N-ethyl adjacent to an activating group) is 1. The minimum atomic E-state index is -3.65. The number of sulfonamides is 1. The number of hydrogen-bond acceptors (Lipinski definition) is 7. The molecule has 2 aliphatic heterocycles. The second kappa shape index (κ2) is 8.11. The predicted octanol–water partition coefficient (Wildman–Crippen LogP) is -1.36. The molecule has 2 heterocycles. The molecule has 0 saturated carbocycles. The number of carbonyl (C=O) groups excluding carboxylic acids is 3. The lowest BCUT2D eigenvalue weighted by Crippen LogP contribution is -2.68. The number of amides is 3. The molecule has 1 aromatic carbocycles. The maximum Gasteiger partial charge on any atom is 0.247 e. The van der Waals surface area contributed by atoms with Gasteiger partial charge in [0, 0.05) is 20.1 Å². The van der Waals surface area contributed by atoms with Gasteiger partial charge in [0.25, 0.3) is 0 Å². The molecule has 12 heteroatoms. The van der Waals surface area contributed by atoms with Crippen LogP contribution in [0.2, 0.25) is 0 Å². The molecule has 1 aromatic rings. The number of hydrogen-bond donors (Lipinski definition) is 2. The summed E-state index contributed by atoms with van der Waals surface area (Å²) in [6.07, 6.45) is 0.980. The summed E-state index contributed by atoms with van der Waals surface area (Å²) in [7, 11) is -2.22. The van der Waals surface area contributed by atoms with Crippen molar-refractivity contribution in [1.29, 1.82) is 0 Å². The Kier molecular flexibility index (Phi) is 5.90. The lowest BCUT2D eigenvalue weighted by Gasteiger charge is -2.44. The fraction of sp³-hybridized carbons (Fsp3) is 0.500. The zero-order valence-electron chi connectivity index (χ0n) is 16.9. The smallest absolute Gasteiger partial charge is 0.247 e. The van der Waals surface area contributed by atoms with E-state index < -0.39 is 33.3 Å². The summed E-state index contributed by atoms with van der Waals surface area (Å²) in [5, 5.41) is 5.16. The summed E-state index contributed by atoms with van der Waals surface area (Å²) in [4.78, 5) is 38.3. The van der Waals surface area contributed by atoms with E-state index in [0.29, 0.717) is 11.5 Å². The predicted molar refractivity (Wildman–Crippen MR) is 105 cm³/mol. The zero-order chi connectivity index (χ0) is 22.1.